The van der Waals surface area contributed by atoms with Crippen LogP contribution in [0.25, 0.3) is 10.9 Å². The molecule has 1 fully saturated rings. The lowest BCUT2D eigenvalue weighted by molar-refractivity contribution is -0.133. The fraction of sp³-hybridized carbons (Fsp3) is 0.300. The quantitative estimate of drug-likeness (QED) is 0.766. The summed E-state index contributed by atoms with van der Waals surface area (Å²) in [5.41, 5.74) is 7.59. The number of nitrogens with zero attached hydrogens (tertiary/aromatic N) is 4. The minimum Gasteiger partial charge on any atom is -0.366 e. The Kier molecular flexibility index (Phi) is 4.58. The fourth-order valence-electron chi connectivity index (χ4n) is 3.70. The molecule has 1 aliphatic heterocycles. The summed E-state index contributed by atoms with van der Waals surface area (Å²) in [6, 6.07) is 11.3. The molecular formula is C20H21N5O2. The summed E-state index contributed by atoms with van der Waals surface area (Å²) in [6.45, 7) is 1.45. The zero-order valence-corrected chi connectivity index (χ0v) is 14.9. The molecule has 0 unspecified atom stereocenters. The molecule has 2 aromatic heterocycles. The smallest absolute Gasteiger partial charge is 0.250 e. The number of primary amides is 1. The number of amides is 2. The maximum atomic E-state index is 12.6. The lowest BCUT2D eigenvalue weighted by Crippen LogP contribution is -2.41. The van der Waals surface area contributed by atoms with Crippen LogP contribution in [0, 0.1) is 0 Å². The minimum atomic E-state index is -0.483. The molecule has 0 saturated carbocycles. The molecule has 138 valence electrons. The standard InChI is InChI=1S/C20H21N5O2/c21-20(27)16-11-14-5-1-2-7-17(14)23-19(16)15-6-3-9-24(12-15)18(26)13-25-10-4-8-22-25/h1-2,4-5,7-8,10-11,15H,3,6,9,12-13H2,(H2,21,27)/t15-/m1/s1. The molecule has 0 aliphatic carbocycles. The van der Waals surface area contributed by atoms with Crippen molar-refractivity contribution >= 4 is 22.7 Å². The highest BCUT2D eigenvalue weighted by atomic mass is 16.2. The van der Waals surface area contributed by atoms with Crippen LogP contribution in [-0.2, 0) is 11.3 Å². The Labute approximate surface area is 156 Å². The number of carbonyl (C=O) groups is 2. The van der Waals surface area contributed by atoms with Crippen molar-refractivity contribution in [1.82, 2.24) is 19.7 Å². The Morgan fingerprint density at radius 2 is 2.07 bits per heavy atom. The molecule has 0 radical (unpaired) electrons. The van der Waals surface area contributed by atoms with Gasteiger partial charge in [0, 0.05) is 36.8 Å². The number of pyridine rings is 1. The zero-order chi connectivity index (χ0) is 18.8. The van der Waals surface area contributed by atoms with Crippen molar-refractivity contribution in [2.45, 2.75) is 25.3 Å². The van der Waals surface area contributed by atoms with Crippen LogP contribution in [0.15, 0.2) is 48.8 Å². The number of fused-ring (bicyclic) bond motifs is 1. The van der Waals surface area contributed by atoms with Gasteiger partial charge in [-0.2, -0.15) is 5.10 Å². The van der Waals surface area contributed by atoms with Gasteiger partial charge in [0.25, 0.3) is 5.91 Å². The van der Waals surface area contributed by atoms with Crippen molar-refractivity contribution in [3.8, 4) is 0 Å². The highest BCUT2D eigenvalue weighted by molar-refractivity contribution is 5.97. The lowest BCUT2D eigenvalue weighted by Gasteiger charge is -2.33. The second-order valence-corrected chi connectivity index (χ2v) is 6.86. The number of piperidine rings is 1. The van der Waals surface area contributed by atoms with Crippen molar-refractivity contribution in [3.63, 3.8) is 0 Å². The second kappa shape index (κ2) is 7.19. The summed E-state index contributed by atoms with van der Waals surface area (Å²) >= 11 is 0. The molecule has 2 amide bonds. The first-order chi connectivity index (χ1) is 13.1. The molecule has 2 N–H and O–H groups in total. The highest BCUT2D eigenvalue weighted by Gasteiger charge is 2.28. The van der Waals surface area contributed by atoms with Crippen molar-refractivity contribution < 1.29 is 9.59 Å². The van der Waals surface area contributed by atoms with Gasteiger partial charge in [-0.25, -0.2) is 0 Å². The summed E-state index contributed by atoms with van der Waals surface area (Å²) in [5.74, 6) is -0.472. The predicted octanol–water partition coefficient (Wildman–Crippen LogP) is 1.94. The topological polar surface area (TPSA) is 94.1 Å². The fourth-order valence-corrected chi connectivity index (χ4v) is 3.70. The van der Waals surface area contributed by atoms with E-state index in [2.05, 4.69) is 5.10 Å². The van der Waals surface area contributed by atoms with Crippen LogP contribution in [0.2, 0.25) is 0 Å². The number of benzene rings is 1. The van der Waals surface area contributed by atoms with E-state index in [1.165, 1.54) is 0 Å². The molecule has 3 aromatic rings. The molecule has 7 heteroatoms. The van der Waals surface area contributed by atoms with Crippen molar-refractivity contribution in [2.75, 3.05) is 13.1 Å². The molecule has 1 atom stereocenters. The maximum Gasteiger partial charge on any atom is 0.250 e. The van der Waals surface area contributed by atoms with Gasteiger partial charge in [-0.1, -0.05) is 18.2 Å². The highest BCUT2D eigenvalue weighted by Crippen LogP contribution is 2.30. The van der Waals surface area contributed by atoms with Gasteiger partial charge >= 0.3 is 0 Å². The molecule has 7 nitrogen and oxygen atoms in total. The SMILES string of the molecule is NC(=O)c1cc2ccccc2nc1[C@@H]1CCCN(C(=O)Cn2cccn2)C1. The summed E-state index contributed by atoms with van der Waals surface area (Å²) in [5, 5.41) is 4.98. The first kappa shape index (κ1) is 17.2. The van der Waals surface area contributed by atoms with E-state index in [1.54, 1.807) is 23.1 Å². The molecule has 1 aromatic carbocycles. The molecule has 3 heterocycles. The largest absolute Gasteiger partial charge is 0.366 e. The number of hydrogen-bond donors (Lipinski definition) is 1. The summed E-state index contributed by atoms with van der Waals surface area (Å²) in [7, 11) is 0. The molecule has 0 spiro atoms. The van der Waals surface area contributed by atoms with Crippen LogP contribution in [-0.4, -0.2) is 44.6 Å². The average Bonchev–Trinajstić information content (AvgIpc) is 3.20. The third-order valence-electron chi connectivity index (χ3n) is 5.04. The molecule has 1 saturated heterocycles. The van der Waals surface area contributed by atoms with Gasteiger partial charge in [-0.15, -0.1) is 0 Å². The van der Waals surface area contributed by atoms with Crippen molar-refractivity contribution in [2.24, 2.45) is 5.73 Å². The van der Waals surface area contributed by atoms with E-state index in [4.69, 9.17) is 10.7 Å². The Morgan fingerprint density at radius 3 is 2.85 bits per heavy atom. The van der Waals surface area contributed by atoms with E-state index in [1.807, 2.05) is 35.2 Å². The molecule has 4 rings (SSSR count). The van der Waals surface area contributed by atoms with Gasteiger partial charge < -0.3 is 10.6 Å². The maximum absolute atomic E-state index is 12.6. The Morgan fingerprint density at radius 1 is 1.22 bits per heavy atom. The summed E-state index contributed by atoms with van der Waals surface area (Å²) in [4.78, 5) is 31.2. The Balaban J connectivity index is 1.61. The number of carbonyl (C=O) groups excluding carboxylic acids is 2. The van der Waals surface area contributed by atoms with Crippen LogP contribution in [0.4, 0.5) is 0 Å². The van der Waals surface area contributed by atoms with E-state index in [9.17, 15) is 9.59 Å². The first-order valence-electron chi connectivity index (χ1n) is 9.06. The number of nitrogens with two attached hydrogens (primary N) is 1. The monoisotopic (exact) mass is 363 g/mol. The third kappa shape index (κ3) is 3.53. The van der Waals surface area contributed by atoms with Gasteiger partial charge in [0.2, 0.25) is 5.91 Å². The van der Waals surface area contributed by atoms with E-state index < -0.39 is 5.91 Å². The summed E-state index contributed by atoms with van der Waals surface area (Å²) in [6.07, 6.45) is 5.17. The zero-order valence-electron chi connectivity index (χ0n) is 14.9. The number of hydrogen-bond acceptors (Lipinski definition) is 4. The molecular weight excluding hydrogens is 342 g/mol. The van der Waals surface area contributed by atoms with Crippen LogP contribution in [0.5, 0.6) is 0 Å². The van der Waals surface area contributed by atoms with Gasteiger partial charge in [0.15, 0.2) is 0 Å². The Hall–Kier alpha value is -3.22. The molecule has 1 aliphatic rings. The van der Waals surface area contributed by atoms with E-state index >= 15 is 0 Å². The first-order valence-corrected chi connectivity index (χ1v) is 9.06. The number of rotatable bonds is 4. The van der Waals surface area contributed by atoms with Gasteiger partial charge in [0.05, 0.1) is 16.8 Å². The normalized spacial score (nSPS) is 17.2. The average molecular weight is 363 g/mol. The molecule has 27 heavy (non-hydrogen) atoms. The van der Waals surface area contributed by atoms with E-state index in [-0.39, 0.29) is 18.4 Å². The minimum absolute atomic E-state index is 0.00701. The number of aromatic nitrogens is 3. The van der Waals surface area contributed by atoms with E-state index in [0.29, 0.717) is 24.3 Å². The van der Waals surface area contributed by atoms with Gasteiger partial charge in [-0.05, 0) is 31.0 Å². The lowest BCUT2D eigenvalue weighted by atomic mass is 9.90. The molecule has 0 bridgehead atoms. The van der Waals surface area contributed by atoms with Crippen molar-refractivity contribution in [3.05, 3.63) is 60.0 Å². The van der Waals surface area contributed by atoms with E-state index in [0.717, 1.165) is 23.7 Å². The number of para-hydroxylation sites is 1. The van der Waals surface area contributed by atoms with Crippen LogP contribution in [0.1, 0.15) is 34.8 Å². The van der Waals surface area contributed by atoms with Crippen LogP contribution >= 0.6 is 0 Å². The van der Waals surface area contributed by atoms with Gasteiger partial charge in [-0.3, -0.25) is 19.3 Å². The van der Waals surface area contributed by atoms with Crippen LogP contribution in [0.3, 0.4) is 0 Å². The van der Waals surface area contributed by atoms with Gasteiger partial charge in [0.1, 0.15) is 6.54 Å². The number of likely N-dealkylation sites (tertiary alicyclic amines) is 1. The third-order valence-corrected chi connectivity index (χ3v) is 5.04. The predicted molar refractivity (Wildman–Crippen MR) is 101 cm³/mol. The van der Waals surface area contributed by atoms with Crippen LogP contribution < -0.4 is 5.73 Å². The van der Waals surface area contributed by atoms with Crippen molar-refractivity contribution in [1.29, 1.82) is 0 Å². The Bertz CT molecular complexity index is 983. The second-order valence-electron chi connectivity index (χ2n) is 6.86. The summed E-state index contributed by atoms with van der Waals surface area (Å²) < 4.78 is 1.62.